The number of imidazole rings is 1. The maximum absolute atomic E-state index is 13.0. The topological polar surface area (TPSA) is 133 Å². The molecule has 39 heavy (non-hydrogen) atoms. The first-order chi connectivity index (χ1) is 19.0. The van der Waals surface area contributed by atoms with Gasteiger partial charge in [0.05, 0.1) is 45.4 Å². The Labute approximate surface area is 227 Å². The molecule has 0 bridgehead atoms. The number of hydrogen-bond acceptors (Lipinski definition) is 10. The van der Waals surface area contributed by atoms with Crippen LogP contribution in [0.1, 0.15) is 25.0 Å². The monoisotopic (exact) mass is 555 g/mol. The number of nitrogens with two attached hydrogens (primary N) is 1. The van der Waals surface area contributed by atoms with Crippen molar-refractivity contribution in [2.24, 2.45) is 0 Å². The van der Waals surface area contributed by atoms with Crippen molar-refractivity contribution in [3.63, 3.8) is 0 Å². The standard InChI is InChI=1S/C27H34N5O6P/c1-3-37-39(33,38-4-2)20-36-23(18-34-16-21-11-7-5-8-12-21)15-32-19-29-24-25(32)30-27(28)31-26(24)35-17-22-13-9-6-10-14-22/h5-14,19,23H,3-4,15-18,20H2,1-2H3,(H2,28,30,31)/t23-/m0/s1. The second kappa shape index (κ2) is 14.2. The van der Waals surface area contributed by atoms with E-state index in [1.807, 2.05) is 60.7 Å². The number of benzene rings is 2. The van der Waals surface area contributed by atoms with Crippen LogP contribution in [0, 0.1) is 0 Å². The number of nitrogens with zero attached hydrogens (tertiary/aromatic N) is 4. The van der Waals surface area contributed by atoms with E-state index in [1.54, 1.807) is 24.7 Å². The second-order valence-electron chi connectivity index (χ2n) is 8.60. The van der Waals surface area contributed by atoms with Crippen molar-refractivity contribution in [1.82, 2.24) is 19.5 Å². The molecule has 0 amide bonds. The van der Waals surface area contributed by atoms with Crippen molar-refractivity contribution >= 4 is 24.7 Å². The lowest BCUT2D eigenvalue weighted by Crippen LogP contribution is -2.26. The minimum absolute atomic E-state index is 0.0577. The number of anilines is 1. The third kappa shape index (κ3) is 8.32. The highest BCUT2D eigenvalue weighted by Gasteiger charge is 2.27. The zero-order valence-electron chi connectivity index (χ0n) is 22.1. The van der Waals surface area contributed by atoms with Crippen molar-refractivity contribution in [1.29, 1.82) is 0 Å². The molecule has 0 spiro atoms. The number of rotatable bonds is 16. The number of hydrogen-bond donors (Lipinski definition) is 1. The van der Waals surface area contributed by atoms with Gasteiger partial charge in [-0.3, -0.25) is 4.57 Å². The molecular weight excluding hydrogens is 521 g/mol. The molecule has 2 heterocycles. The smallest absolute Gasteiger partial charge is 0.356 e. The molecule has 0 fully saturated rings. The lowest BCUT2D eigenvalue weighted by molar-refractivity contribution is -0.0192. The van der Waals surface area contributed by atoms with Gasteiger partial charge < -0.3 is 33.6 Å². The van der Waals surface area contributed by atoms with Crippen LogP contribution in [0.5, 0.6) is 5.88 Å². The fraction of sp³-hybridized carbons (Fsp3) is 0.370. The van der Waals surface area contributed by atoms with Crippen LogP contribution >= 0.6 is 7.60 Å². The van der Waals surface area contributed by atoms with E-state index in [0.29, 0.717) is 24.4 Å². The van der Waals surface area contributed by atoms with Crippen molar-refractivity contribution in [3.05, 3.63) is 78.1 Å². The summed E-state index contributed by atoms with van der Waals surface area (Å²) in [7, 11) is -3.42. The fourth-order valence-electron chi connectivity index (χ4n) is 3.85. The minimum atomic E-state index is -3.42. The molecule has 0 unspecified atom stereocenters. The van der Waals surface area contributed by atoms with E-state index in [1.165, 1.54) is 0 Å². The molecule has 0 radical (unpaired) electrons. The van der Waals surface area contributed by atoms with Crippen molar-refractivity contribution in [2.75, 3.05) is 31.9 Å². The molecule has 2 aromatic carbocycles. The highest BCUT2D eigenvalue weighted by Crippen LogP contribution is 2.48. The third-order valence-corrected chi connectivity index (χ3v) is 7.37. The molecule has 4 rings (SSSR count). The highest BCUT2D eigenvalue weighted by atomic mass is 31.2. The number of fused-ring (bicyclic) bond motifs is 1. The first kappa shape index (κ1) is 28.7. The third-order valence-electron chi connectivity index (χ3n) is 5.60. The Hall–Kier alpha value is -3.34. The van der Waals surface area contributed by atoms with Crippen LogP contribution < -0.4 is 10.5 Å². The Morgan fingerprint density at radius 3 is 2.21 bits per heavy atom. The van der Waals surface area contributed by atoms with E-state index >= 15 is 0 Å². The van der Waals surface area contributed by atoms with Gasteiger partial charge in [-0.1, -0.05) is 60.7 Å². The van der Waals surface area contributed by atoms with E-state index in [9.17, 15) is 4.57 Å². The van der Waals surface area contributed by atoms with Crippen LogP contribution in [0.25, 0.3) is 11.2 Å². The molecule has 0 aliphatic rings. The molecule has 12 heteroatoms. The van der Waals surface area contributed by atoms with E-state index in [-0.39, 0.29) is 44.5 Å². The lowest BCUT2D eigenvalue weighted by atomic mass is 10.2. The molecule has 1 atom stereocenters. The Bertz CT molecular complexity index is 1350. The summed E-state index contributed by atoms with van der Waals surface area (Å²) in [5.74, 6) is 0.345. The van der Waals surface area contributed by atoms with Gasteiger partial charge in [0, 0.05) is 0 Å². The van der Waals surface area contributed by atoms with E-state index < -0.39 is 13.7 Å². The van der Waals surface area contributed by atoms with Crippen LogP contribution in [0.3, 0.4) is 0 Å². The minimum Gasteiger partial charge on any atom is -0.471 e. The average molecular weight is 556 g/mol. The van der Waals surface area contributed by atoms with Crippen LogP contribution in [0.2, 0.25) is 0 Å². The number of nitrogen functional groups attached to an aromatic ring is 1. The quantitative estimate of drug-likeness (QED) is 0.192. The molecule has 4 aromatic rings. The summed E-state index contributed by atoms with van der Waals surface area (Å²) in [5.41, 5.74) is 8.98. The highest BCUT2D eigenvalue weighted by molar-refractivity contribution is 7.53. The second-order valence-corrected chi connectivity index (χ2v) is 10.6. The van der Waals surface area contributed by atoms with Crippen LogP contribution in [0.15, 0.2) is 67.0 Å². The first-order valence-electron chi connectivity index (χ1n) is 12.8. The summed E-state index contributed by atoms with van der Waals surface area (Å²) in [6.45, 7) is 5.20. The van der Waals surface area contributed by atoms with Crippen molar-refractivity contribution < 1.29 is 27.8 Å². The fourth-order valence-corrected chi connectivity index (χ4v) is 5.26. The Balaban J connectivity index is 1.51. The molecule has 0 saturated heterocycles. The predicted octanol–water partition coefficient (Wildman–Crippen LogP) is 4.81. The summed E-state index contributed by atoms with van der Waals surface area (Å²) in [4.78, 5) is 13.1. The molecule has 0 aliphatic heterocycles. The van der Waals surface area contributed by atoms with Gasteiger partial charge in [0.2, 0.25) is 11.8 Å². The summed E-state index contributed by atoms with van der Waals surface area (Å²) in [5, 5.41) is 0. The molecule has 0 aliphatic carbocycles. The normalized spacial score (nSPS) is 12.6. The Morgan fingerprint density at radius 2 is 1.56 bits per heavy atom. The number of aromatic nitrogens is 4. The summed E-state index contributed by atoms with van der Waals surface area (Å²) in [6, 6.07) is 19.5. The Morgan fingerprint density at radius 1 is 0.923 bits per heavy atom. The van der Waals surface area contributed by atoms with Crippen LogP contribution in [0.4, 0.5) is 5.95 Å². The van der Waals surface area contributed by atoms with Gasteiger partial charge in [-0.25, -0.2) is 4.98 Å². The first-order valence-corrected chi connectivity index (χ1v) is 14.5. The molecular formula is C27H34N5O6P. The molecule has 11 nitrogen and oxygen atoms in total. The molecule has 208 valence electrons. The lowest BCUT2D eigenvalue weighted by Gasteiger charge is -2.22. The maximum atomic E-state index is 13.0. The average Bonchev–Trinajstić information content (AvgIpc) is 3.34. The zero-order chi connectivity index (χ0) is 27.5. The molecule has 0 saturated carbocycles. The van der Waals surface area contributed by atoms with Crippen molar-refractivity contribution in [3.8, 4) is 5.88 Å². The van der Waals surface area contributed by atoms with Crippen molar-refractivity contribution in [2.45, 2.75) is 39.7 Å². The maximum Gasteiger partial charge on any atom is 0.356 e. The largest absolute Gasteiger partial charge is 0.471 e. The molecule has 2 aromatic heterocycles. The van der Waals surface area contributed by atoms with Gasteiger partial charge >= 0.3 is 7.60 Å². The van der Waals surface area contributed by atoms with Gasteiger partial charge in [-0.15, -0.1) is 0 Å². The summed E-state index contributed by atoms with van der Waals surface area (Å²) >= 11 is 0. The SMILES string of the molecule is CCOP(=O)(CO[C@H](COCc1ccccc1)Cn1cnc2c(OCc3ccccc3)nc(N)nc21)OCC. The molecule has 2 N–H and O–H groups in total. The van der Waals surface area contributed by atoms with Gasteiger partial charge in [0.25, 0.3) is 0 Å². The van der Waals surface area contributed by atoms with Gasteiger partial charge in [0.15, 0.2) is 11.2 Å². The Kier molecular flexibility index (Phi) is 10.4. The van der Waals surface area contributed by atoms with E-state index in [2.05, 4.69) is 15.0 Å². The summed E-state index contributed by atoms with van der Waals surface area (Å²) < 4.78 is 43.5. The van der Waals surface area contributed by atoms with Crippen LogP contribution in [-0.4, -0.2) is 51.8 Å². The zero-order valence-corrected chi connectivity index (χ0v) is 23.0. The van der Waals surface area contributed by atoms with E-state index in [0.717, 1.165) is 11.1 Å². The van der Waals surface area contributed by atoms with E-state index in [4.69, 9.17) is 29.0 Å². The summed E-state index contributed by atoms with van der Waals surface area (Å²) in [6.07, 6.45) is 0.876. The predicted molar refractivity (Wildman–Crippen MR) is 147 cm³/mol. The number of ether oxygens (including phenoxy) is 3. The van der Waals surface area contributed by atoms with Gasteiger partial charge in [-0.05, 0) is 25.0 Å². The van der Waals surface area contributed by atoms with Gasteiger partial charge in [-0.2, -0.15) is 9.97 Å². The van der Waals surface area contributed by atoms with Crippen LogP contribution in [-0.2, 0) is 42.8 Å². The van der Waals surface area contributed by atoms with Gasteiger partial charge in [0.1, 0.15) is 13.0 Å².